The Labute approximate surface area is 102 Å². The molecule has 0 fully saturated rings. The van der Waals surface area contributed by atoms with E-state index in [1.165, 1.54) is 4.90 Å². The summed E-state index contributed by atoms with van der Waals surface area (Å²) in [6.45, 7) is 0.403. The predicted octanol–water partition coefficient (Wildman–Crippen LogP) is 2.50. The molecular weight excluding hydrogens is 245 g/mol. The van der Waals surface area contributed by atoms with Crippen LogP contribution in [0.1, 0.15) is 18.4 Å². The standard InChI is InChI=1S/C12H13F3N2O/c13-12(14,15)6-4-11(18)17-7-5-8-9(16)2-1-3-10(8)17/h1-3H,4-7,16H2. The molecule has 1 aliphatic rings. The van der Waals surface area contributed by atoms with Gasteiger partial charge >= 0.3 is 6.18 Å². The third-order valence-electron chi connectivity index (χ3n) is 2.99. The minimum Gasteiger partial charge on any atom is -0.398 e. The van der Waals surface area contributed by atoms with Gasteiger partial charge in [0.15, 0.2) is 0 Å². The van der Waals surface area contributed by atoms with Crippen LogP contribution in [-0.4, -0.2) is 18.6 Å². The van der Waals surface area contributed by atoms with Crippen molar-refractivity contribution in [2.24, 2.45) is 0 Å². The molecule has 18 heavy (non-hydrogen) atoms. The van der Waals surface area contributed by atoms with Crippen LogP contribution < -0.4 is 10.6 Å². The highest BCUT2D eigenvalue weighted by molar-refractivity contribution is 5.96. The van der Waals surface area contributed by atoms with Crippen LogP contribution in [0.5, 0.6) is 0 Å². The van der Waals surface area contributed by atoms with Gasteiger partial charge in [-0.1, -0.05) is 6.07 Å². The van der Waals surface area contributed by atoms with E-state index in [0.29, 0.717) is 24.3 Å². The highest BCUT2D eigenvalue weighted by Gasteiger charge is 2.31. The molecule has 1 aliphatic heterocycles. The van der Waals surface area contributed by atoms with Crippen molar-refractivity contribution in [1.82, 2.24) is 0 Å². The molecule has 2 rings (SSSR count). The Morgan fingerprint density at radius 2 is 2.11 bits per heavy atom. The topological polar surface area (TPSA) is 46.3 Å². The fraction of sp³-hybridized carbons (Fsp3) is 0.417. The van der Waals surface area contributed by atoms with Crippen molar-refractivity contribution in [2.45, 2.75) is 25.4 Å². The van der Waals surface area contributed by atoms with Gasteiger partial charge in [0.05, 0.1) is 6.42 Å². The number of alkyl halides is 3. The third-order valence-corrected chi connectivity index (χ3v) is 2.99. The Balaban J connectivity index is 2.09. The Bertz CT molecular complexity index is 471. The van der Waals surface area contributed by atoms with Crippen molar-refractivity contribution < 1.29 is 18.0 Å². The fourth-order valence-corrected chi connectivity index (χ4v) is 2.10. The first-order valence-corrected chi connectivity index (χ1v) is 5.63. The van der Waals surface area contributed by atoms with Gasteiger partial charge in [-0.2, -0.15) is 13.2 Å². The molecule has 0 atom stereocenters. The number of anilines is 2. The van der Waals surface area contributed by atoms with Crippen molar-refractivity contribution in [3.05, 3.63) is 23.8 Å². The molecule has 0 radical (unpaired) electrons. The second-order valence-electron chi connectivity index (χ2n) is 4.26. The number of hydrogen-bond donors (Lipinski definition) is 1. The molecule has 1 aromatic carbocycles. The average Bonchev–Trinajstić information content (AvgIpc) is 2.70. The lowest BCUT2D eigenvalue weighted by Crippen LogP contribution is -2.29. The number of halogens is 3. The molecule has 1 amide bonds. The summed E-state index contributed by atoms with van der Waals surface area (Å²) in [5.74, 6) is -0.503. The number of carbonyl (C=O) groups excluding carboxylic acids is 1. The van der Waals surface area contributed by atoms with Crippen LogP contribution in [0.3, 0.4) is 0 Å². The summed E-state index contributed by atoms with van der Waals surface area (Å²) in [5, 5.41) is 0. The molecule has 1 heterocycles. The summed E-state index contributed by atoms with van der Waals surface area (Å²) in [5.41, 5.74) is 7.83. The SMILES string of the molecule is Nc1cccc2c1CCN2C(=O)CCC(F)(F)F. The lowest BCUT2D eigenvalue weighted by Gasteiger charge is -2.18. The average molecular weight is 258 g/mol. The molecular formula is C12H13F3N2O. The molecule has 3 nitrogen and oxygen atoms in total. The molecule has 0 bridgehead atoms. The van der Waals surface area contributed by atoms with Gasteiger partial charge in [-0.25, -0.2) is 0 Å². The monoisotopic (exact) mass is 258 g/mol. The van der Waals surface area contributed by atoms with E-state index in [2.05, 4.69) is 0 Å². The van der Waals surface area contributed by atoms with Crippen molar-refractivity contribution >= 4 is 17.3 Å². The fourth-order valence-electron chi connectivity index (χ4n) is 2.10. The van der Waals surface area contributed by atoms with E-state index in [4.69, 9.17) is 5.73 Å². The quantitative estimate of drug-likeness (QED) is 0.828. The number of benzene rings is 1. The van der Waals surface area contributed by atoms with Crippen molar-refractivity contribution in [1.29, 1.82) is 0 Å². The second kappa shape index (κ2) is 4.51. The molecule has 6 heteroatoms. The van der Waals surface area contributed by atoms with Gasteiger partial charge in [-0.15, -0.1) is 0 Å². The zero-order chi connectivity index (χ0) is 13.3. The summed E-state index contributed by atoms with van der Waals surface area (Å²) >= 11 is 0. The summed E-state index contributed by atoms with van der Waals surface area (Å²) in [6.07, 6.45) is -5.30. The van der Waals surface area contributed by atoms with Crippen LogP contribution in [0.15, 0.2) is 18.2 Å². The van der Waals surface area contributed by atoms with Gasteiger partial charge in [-0.3, -0.25) is 4.79 Å². The van der Waals surface area contributed by atoms with E-state index in [1.807, 2.05) is 0 Å². The maximum Gasteiger partial charge on any atom is 0.389 e. The number of carbonyl (C=O) groups is 1. The van der Waals surface area contributed by atoms with Crippen LogP contribution in [0.2, 0.25) is 0 Å². The summed E-state index contributed by atoms with van der Waals surface area (Å²) < 4.78 is 36.2. The molecule has 98 valence electrons. The van der Waals surface area contributed by atoms with Gasteiger partial charge in [0, 0.05) is 29.9 Å². The smallest absolute Gasteiger partial charge is 0.389 e. The molecule has 0 saturated carbocycles. The van der Waals surface area contributed by atoms with Crippen LogP contribution >= 0.6 is 0 Å². The molecule has 0 saturated heterocycles. The van der Waals surface area contributed by atoms with E-state index < -0.39 is 24.9 Å². The number of nitrogens with two attached hydrogens (primary N) is 1. The summed E-state index contributed by atoms with van der Waals surface area (Å²) in [7, 11) is 0. The Kier molecular flexibility index (Phi) is 3.19. The van der Waals surface area contributed by atoms with Gasteiger partial charge < -0.3 is 10.6 Å². The maximum atomic E-state index is 12.1. The van der Waals surface area contributed by atoms with Crippen LogP contribution in [-0.2, 0) is 11.2 Å². The minimum atomic E-state index is -4.30. The van der Waals surface area contributed by atoms with Crippen molar-refractivity contribution in [3.8, 4) is 0 Å². The zero-order valence-electron chi connectivity index (χ0n) is 9.63. The summed E-state index contributed by atoms with van der Waals surface area (Å²) in [4.78, 5) is 13.1. The Morgan fingerprint density at radius 1 is 1.39 bits per heavy atom. The van der Waals surface area contributed by atoms with E-state index in [-0.39, 0.29) is 0 Å². The van der Waals surface area contributed by atoms with Gasteiger partial charge in [0.25, 0.3) is 0 Å². The Hall–Kier alpha value is -1.72. The molecule has 0 aromatic heterocycles. The first-order chi connectivity index (χ1) is 8.38. The van der Waals surface area contributed by atoms with E-state index in [9.17, 15) is 18.0 Å². The number of hydrogen-bond acceptors (Lipinski definition) is 2. The summed E-state index contributed by atoms with van der Waals surface area (Å²) in [6, 6.07) is 5.14. The normalized spacial score (nSPS) is 14.7. The van der Waals surface area contributed by atoms with Gasteiger partial charge in [0.1, 0.15) is 0 Å². The van der Waals surface area contributed by atoms with Crippen LogP contribution in [0.4, 0.5) is 24.5 Å². The number of rotatable bonds is 2. The second-order valence-corrected chi connectivity index (χ2v) is 4.26. The molecule has 0 aliphatic carbocycles. The highest BCUT2D eigenvalue weighted by Crippen LogP contribution is 2.33. The molecule has 1 aromatic rings. The van der Waals surface area contributed by atoms with Crippen molar-refractivity contribution in [2.75, 3.05) is 17.2 Å². The minimum absolute atomic E-state index is 0.403. The molecule has 0 unspecified atom stereocenters. The van der Waals surface area contributed by atoms with E-state index in [0.717, 1.165) is 5.56 Å². The van der Waals surface area contributed by atoms with Crippen LogP contribution in [0, 0.1) is 0 Å². The maximum absolute atomic E-state index is 12.1. The highest BCUT2D eigenvalue weighted by atomic mass is 19.4. The number of amides is 1. The lowest BCUT2D eigenvalue weighted by molar-refractivity contribution is -0.143. The largest absolute Gasteiger partial charge is 0.398 e. The number of nitrogens with zero attached hydrogens (tertiary/aromatic N) is 1. The predicted molar refractivity (Wildman–Crippen MR) is 62.2 cm³/mol. The first-order valence-electron chi connectivity index (χ1n) is 5.63. The third kappa shape index (κ3) is 2.57. The van der Waals surface area contributed by atoms with E-state index in [1.54, 1.807) is 18.2 Å². The number of fused-ring (bicyclic) bond motifs is 1. The lowest BCUT2D eigenvalue weighted by atomic mass is 10.1. The number of nitrogen functional groups attached to an aromatic ring is 1. The molecule has 2 N–H and O–H groups in total. The first kappa shape index (κ1) is 12.7. The van der Waals surface area contributed by atoms with Crippen LogP contribution in [0.25, 0.3) is 0 Å². The van der Waals surface area contributed by atoms with Gasteiger partial charge in [0.2, 0.25) is 5.91 Å². The van der Waals surface area contributed by atoms with E-state index >= 15 is 0 Å². The van der Waals surface area contributed by atoms with Gasteiger partial charge in [-0.05, 0) is 18.6 Å². The zero-order valence-corrected chi connectivity index (χ0v) is 9.63. The van der Waals surface area contributed by atoms with Crippen molar-refractivity contribution in [3.63, 3.8) is 0 Å². The molecule has 0 spiro atoms. The Morgan fingerprint density at radius 3 is 2.78 bits per heavy atom.